The molecule has 0 radical (unpaired) electrons. The van der Waals surface area contributed by atoms with E-state index >= 15 is 24.0 Å². The molecule has 0 aromatic heterocycles. The summed E-state index contributed by atoms with van der Waals surface area (Å²) in [5, 5.41) is 11.1. The van der Waals surface area contributed by atoms with E-state index in [-0.39, 0.29) is 99.2 Å². The van der Waals surface area contributed by atoms with Crippen LogP contribution in [0.4, 0.5) is 0 Å². The highest BCUT2D eigenvalue weighted by atomic mass is 35.5. The minimum Gasteiger partial charge on any atom is -0.377 e. The molecule has 0 aromatic rings. The number of carbonyl (C=O) groups excluding carboxylic acids is 12. The second-order valence-electron chi connectivity index (χ2n) is 32.4. The number of hydrogen-bond donors (Lipinski definition) is 4. The van der Waals surface area contributed by atoms with Crippen LogP contribution in [-0.4, -0.2) is 264 Å². The van der Waals surface area contributed by atoms with Gasteiger partial charge in [0, 0.05) is 94.3 Å². The van der Waals surface area contributed by atoms with Crippen molar-refractivity contribution in [2.24, 2.45) is 40.9 Å². The number of likely N-dealkylation sites (tertiary alicyclic amines) is 1. The van der Waals surface area contributed by atoms with Crippen LogP contribution in [0.1, 0.15) is 209 Å². The zero-order valence-electron chi connectivity index (χ0n) is 65.5. The zero-order chi connectivity index (χ0) is 77.2. The number of halogens is 2. The van der Waals surface area contributed by atoms with Gasteiger partial charge >= 0.3 is 0 Å². The number of amides is 12. The molecule has 5 fully saturated rings. The molecule has 4 saturated carbocycles. The van der Waals surface area contributed by atoms with Crippen LogP contribution in [-0.2, 0) is 62.3 Å². The molecular formula is C77H128Cl2N12O13. The summed E-state index contributed by atoms with van der Waals surface area (Å²) in [6.45, 7) is 15.1. The van der Waals surface area contributed by atoms with E-state index < -0.39 is 137 Å². The fraction of sp³-hybridized carbons (Fsp3) is 0.818. The van der Waals surface area contributed by atoms with Crippen molar-refractivity contribution in [3.63, 3.8) is 0 Å². The molecule has 1 saturated heterocycles. The van der Waals surface area contributed by atoms with Crippen LogP contribution in [0, 0.1) is 40.9 Å². The van der Waals surface area contributed by atoms with E-state index in [1.165, 1.54) is 90.7 Å². The van der Waals surface area contributed by atoms with Gasteiger partial charge in [-0.15, -0.1) is 23.2 Å². The van der Waals surface area contributed by atoms with Gasteiger partial charge in [-0.3, -0.25) is 57.5 Å². The maximum absolute atomic E-state index is 15.7. The van der Waals surface area contributed by atoms with Gasteiger partial charge in [-0.2, -0.15) is 0 Å². The second-order valence-corrected chi connectivity index (χ2v) is 33.5. The largest absolute Gasteiger partial charge is 0.377 e. The number of alkyl halides is 2. The lowest BCUT2D eigenvalue weighted by Crippen LogP contribution is -2.71. The normalized spacial score (nSPS) is 25.1. The van der Waals surface area contributed by atoms with E-state index in [0.29, 0.717) is 69.6 Å². The van der Waals surface area contributed by atoms with Crippen molar-refractivity contribution >= 4 is 94.1 Å². The van der Waals surface area contributed by atoms with Gasteiger partial charge in [-0.05, 0) is 118 Å². The lowest BCUT2D eigenvalue weighted by molar-refractivity contribution is -0.161. The molecule has 6 rings (SSSR count). The van der Waals surface area contributed by atoms with Gasteiger partial charge in [0.15, 0.2) is 0 Å². The second kappa shape index (κ2) is 39.7. The highest BCUT2D eigenvalue weighted by Crippen LogP contribution is 2.50. The monoisotopic (exact) mass is 1500 g/mol. The standard InChI is InChI=1S/C77H128Cl2N12O13/c1-17-49(6)66(82-62(92)37-34-50-25-24-26-50)73(101)86(13)45-65(95)87(14)58-27-22-21-23-38-90(72(58)100)61(40-52-30-28-48(5)29-31-52)71(99)85(12)44-64(94)81-57(36-33-51-32-35-55(78)56(79)39-51)69(97)91-43-54(104-20-4)41-59(91)68(96)83-77(46-76(7,8)47-77)75(103)89(16)67(53(18-2)19-3)74(102)88(15)60(42-63(93)80-9)70(98)84(10)11/h21-22,48-61,66-67H,17-20,23-47H2,1-16H3,(H,80,93)(H,81,94)(H,82,92)(H,83,96)/b22-21-/t48?,49-,51?,52?,54+,55?,56?,57-,58-,59-,60-,61-,66-,67-/m0/s1. The number of nitrogens with zero attached hydrogens (tertiary/aromatic N) is 8. The predicted octanol–water partition coefficient (Wildman–Crippen LogP) is 6.88. The maximum atomic E-state index is 15.7. The lowest BCUT2D eigenvalue weighted by atomic mass is 9.58. The first-order valence-electron chi connectivity index (χ1n) is 38.8. The Morgan fingerprint density at radius 2 is 1.35 bits per heavy atom. The molecule has 6 aliphatic rings. The summed E-state index contributed by atoms with van der Waals surface area (Å²) in [5.41, 5.74) is -1.98. The van der Waals surface area contributed by atoms with Gasteiger partial charge in [0.25, 0.3) is 0 Å². The van der Waals surface area contributed by atoms with Crippen LogP contribution in [0.2, 0.25) is 0 Å². The average molecular weight is 1500 g/mol. The molecule has 3 unspecified atom stereocenters. The average Bonchev–Trinajstić information content (AvgIpc) is 0.892. The fourth-order valence-corrected chi connectivity index (χ4v) is 17.4. The molecule has 25 nitrogen and oxygen atoms in total. The van der Waals surface area contributed by atoms with Crippen LogP contribution < -0.4 is 21.3 Å². The predicted molar refractivity (Wildman–Crippen MR) is 401 cm³/mol. The van der Waals surface area contributed by atoms with Crippen molar-refractivity contribution in [3.8, 4) is 0 Å². The Bertz CT molecular complexity index is 3000. The van der Waals surface area contributed by atoms with E-state index in [4.69, 9.17) is 27.9 Å². The van der Waals surface area contributed by atoms with Gasteiger partial charge in [-0.25, -0.2) is 0 Å². The Hall–Kier alpha value is -6.08. The Morgan fingerprint density at radius 1 is 0.702 bits per heavy atom. The van der Waals surface area contributed by atoms with Gasteiger partial charge in [0.1, 0.15) is 47.8 Å². The first-order valence-corrected chi connectivity index (χ1v) is 39.7. The first-order chi connectivity index (χ1) is 49.1. The maximum Gasteiger partial charge on any atom is 0.248 e. The minimum absolute atomic E-state index is 0.0284. The van der Waals surface area contributed by atoms with E-state index in [1.54, 1.807) is 4.90 Å². The Labute approximate surface area is 630 Å². The summed E-state index contributed by atoms with van der Waals surface area (Å²) in [6, 6.07) is -7.66. The third-order valence-electron chi connectivity index (χ3n) is 23.7. The summed E-state index contributed by atoms with van der Waals surface area (Å²) in [5.74, 6) is -5.44. The molecule has 12 atom stereocenters. The molecular weight excluding hydrogens is 1370 g/mol. The number of rotatable bonds is 35. The third kappa shape index (κ3) is 22.7. The van der Waals surface area contributed by atoms with Crippen LogP contribution in [0.25, 0.3) is 0 Å². The van der Waals surface area contributed by atoms with E-state index in [1.807, 2.05) is 60.6 Å². The van der Waals surface area contributed by atoms with Crippen LogP contribution in [0.3, 0.4) is 0 Å². The quantitative estimate of drug-likeness (QED) is 0.0372. The molecule has 12 amide bonds. The molecule has 0 aromatic carbocycles. The molecule has 104 heavy (non-hydrogen) atoms. The van der Waals surface area contributed by atoms with Crippen molar-refractivity contribution in [1.82, 2.24) is 60.5 Å². The highest BCUT2D eigenvalue weighted by Gasteiger charge is 2.59. The van der Waals surface area contributed by atoms with E-state index in [0.717, 1.165) is 57.8 Å². The van der Waals surface area contributed by atoms with Crippen LogP contribution >= 0.6 is 23.2 Å². The van der Waals surface area contributed by atoms with Crippen LogP contribution in [0.5, 0.6) is 0 Å². The Kier molecular flexibility index (Phi) is 33.1. The summed E-state index contributed by atoms with van der Waals surface area (Å²) in [7, 11) is 12.0. The molecule has 2 heterocycles. The Balaban J connectivity index is 1.26. The van der Waals surface area contributed by atoms with Gasteiger partial charge in [-0.1, -0.05) is 125 Å². The lowest BCUT2D eigenvalue weighted by Gasteiger charge is -2.54. The minimum atomic E-state index is -1.54. The molecule has 27 heteroatoms. The van der Waals surface area contributed by atoms with Crippen molar-refractivity contribution in [1.29, 1.82) is 0 Å². The van der Waals surface area contributed by atoms with Gasteiger partial charge in [0.05, 0.1) is 31.0 Å². The summed E-state index contributed by atoms with van der Waals surface area (Å²) in [4.78, 5) is 186. The van der Waals surface area contributed by atoms with E-state index in [9.17, 15) is 33.6 Å². The smallest absolute Gasteiger partial charge is 0.248 e. The molecule has 2 aliphatic heterocycles. The van der Waals surface area contributed by atoms with Gasteiger partial charge < -0.3 is 65.2 Å². The summed E-state index contributed by atoms with van der Waals surface area (Å²) in [6.07, 6.45) is 16.2. The third-order valence-corrected chi connectivity index (χ3v) is 24.9. The SMILES string of the molecule is CCO[C@@H]1C[C@@H](C(=O)NC2(C(=O)N(C)[C@H](C(=O)N(C)[C@@H](CC(=O)NC)C(=O)N(C)C)C(CC)CC)CC(C)(C)C2)N(C(=O)[C@H](CCC2CCC(Cl)C(Cl)C2)NC(=O)CN(C)C(=O)[C@H](CC2CCC(C)CC2)N2CC/C=C\C[C@H](N(C)C(=O)CN(C)C(=O)[C@@H](NC(=O)CCC3CCC3)[C@@H](C)CC)C2=O)C1. The van der Waals surface area contributed by atoms with Crippen molar-refractivity contribution in [2.75, 3.05) is 89.2 Å². The topological polar surface area (TPSA) is 288 Å². The van der Waals surface area contributed by atoms with Crippen molar-refractivity contribution in [2.45, 2.75) is 274 Å². The van der Waals surface area contributed by atoms with Crippen LogP contribution in [0.15, 0.2) is 12.2 Å². The zero-order valence-corrected chi connectivity index (χ0v) is 67.1. The number of likely N-dealkylation sites (N-methyl/N-ethyl adjacent to an activating group) is 6. The molecule has 4 aliphatic carbocycles. The van der Waals surface area contributed by atoms with Crippen molar-refractivity contribution in [3.05, 3.63) is 12.2 Å². The number of nitrogens with one attached hydrogen (secondary N) is 4. The number of carbonyl (C=O) groups is 12. The van der Waals surface area contributed by atoms with E-state index in [2.05, 4.69) is 28.2 Å². The molecule has 0 spiro atoms. The molecule has 4 N–H and O–H groups in total. The number of ether oxygens (including phenoxy) is 1. The first kappa shape index (κ1) is 86.8. The molecule has 588 valence electrons. The van der Waals surface area contributed by atoms with Gasteiger partial charge in [0.2, 0.25) is 70.9 Å². The summed E-state index contributed by atoms with van der Waals surface area (Å²) < 4.78 is 6.16. The molecule has 0 bridgehead atoms. The fourth-order valence-electron chi connectivity index (χ4n) is 16.8. The Morgan fingerprint density at radius 3 is 1.92 bits per heavy atom. The van der Waals surface area contributed by atoms with Crippen molar-refractivity contribution < 1.29 is 62.3 Å². The highest BCUT2D eigenvalue weighted by molar-refractivity contribution is 6.30. The number of hydrogen-bond acceptors (Lipinski definition) is 13. The summed E-state index contributed by atoms with van der Waals surface area (Å²) >= 11 is 13.4.